The highest BCUT2D eigenvalue weighted by atomic mass is 32.2. The summed E-state index contributed by atoms with van der Waals surface area (Å²) < 4.78 is 2.79. The Bertz CT molecular complexity index is 178. The summed E-state index contributed by atoms with van der Waals surface area (Å²) >= 11 is 6.29. The fraction of sp³-hybridized carbons (Fsp3) is 0.909. The number of hydrogen-bond acceptors (Lipinski definition) is 4. The smallest absolute Gasteiger partial charge is 0.146 e. The molecule has 0 aromatic heterocycles. The number of nitrogens with two attached hydrogens (primary N) is 1. The van der Waals surface area contributed by atoms with Gasteiger partial charge in [-0.3, -0.25) is 0 Å². The van der Waals surface area contributed by atoms with Crippen molar-refractivity contribution in [3.8, 4) is 0 Å². The minimum Gasteiger partial charge on any atom is -0.384 e. The lowest BCUT2D eigenvalue weighted by atomic mass is 10.2. The molecule has 0 saturated carbocycles. The molecule has 0 bridgehead atoms. The second-order valence-corrected chi connectivity index (χ2v) is 6.05. The van der Waals surface area contributed by atoms with E-state index >= 15 is 0 Å². The fourth-order valence-electron chi connectivity index (χ4n) is 1.89. The molecule has 2 fully saturated rings. The maximum Gasteiger partial charge on any atom is 0.146 e. The Kier molecular flexibility index (Phi) is 8.19. The molecule has 2 heterocycles. The molecule has 3 N–H and O–H groups in total. The molecule has 0 atom stereocenters. The molecule has 0 aromatic carbocycles. The van der Waals surface area contributed by atoms with Gasteiger partial charge in [-0.25, -0.2) is 4.31 Å². The predicted molar refractivity (Wildman–Crippen MR) is 76.5 cm³/mol. The van der Waals surface area contributed by atoms with Gasteiger partial charge in [0, 0.05) is 13.1 Å². The van der Waals surface area contributed by atoms with Crippen LogP contribution in [-0.2, 0) is 0 Å². The SMILES string of the molecule is C1CCNCC1.NC(=S)SN1CCCCC1. The van der Waals surface area contributed by atoms with Crippen LogP contribution in [0, 0.1) is 0 Å². The largest absolute Gasteiger partial charge is 0.384 e. The van der Waals surface area contributed by atoms with Gasteiger partial charge in [-0.05, 0) is 50.7 Å². The number of thiocarbonyl (C=S) groups is 1. The van der Waals surface area contributed by atoms with E-state index in [1.54, 1.807) is 0 Å². The summed E-state index contributed by atoms with van der Waals surface area (Å²) in [4.78, 5) is 0. The summed E-state index contributed by atoms with van der Waals surface area (Å²) in [5.74, 6) is 0. The molecule has 3 nitrogen and oxygen atoms in total. The molecule has 0 radical (unpaired) electrons. The fourth-order valence-corrected chi connectivity index (χ4v) is 2.90. The van der Waals surface area contributed by atoms with Crippen LogP contribution in [0.2, 0.25) is 0 Å². The summed E-state index contributed by atoms with van der Waals surface area (Å²) in [6.07, 6.45) is 8.15. The standard InChI is InChI=1S/C6H12N2S2.C5H11N/c7-6(9)10-8-4-2-1-3-5-8;1-2-4-6-5-3-1/h1-5H2,(H2,7,9);6H,1-5H2. The van der Waals surface area contributed by atoms with Gasteiger partial charge in [0.15, 0.2) is 0 Å². The van der Waals surface area contributed by atoms with Crippen molar-refractivity contribution in [1.82, 2.24) is 9.62 Å². The highest BCUT2D eigenvalue weighted by Crippen LogP contribution is 2.17. The van der Waals surface area contributed by atoms with E-state index in [-0.39, 0.29) is 0 Å². The molecule has 5 heteroatoms. The Morgan fingerprint density at radius 3 is 1.94 bits per heavy atom. The lowest BCUT2D eigenvalue weighted by molar-refractivity contribution is 0.383. The Morgan fingerprint density at radius 1 is 1.00 bits per heavy atom. The third-order valence-corrected chi connectivity index (χ3v) is 3.77. The Morgan fingerprint density at radius 2 is 1.56 bits per heavy atom. The van der Waals surface area contributed by atoms with Crippen molar-refractivity contribution in [3.63, 3.8) is 0 Å². The molecular formula is C11H23N3S2. The molecule has 2 saturated heterocycles. The van der Waals surface area contributed by atoms with Crippen LogP contribution in [0.25, 0.3) is 0 Å². The molecule has 0 unspecified atom stereocenters. The number of hydrogen-bond donors (Lipinski definition) is 2. The highest BCUT2D eigenvalue weighted by Gasteiger charge is 2.10. The molecule has 2 rings (SSSR count). The summed E-state index contributed by atoms with van der Waals surface area (Å²) in [5.41, 5.74) is 5.38. The highest BCUT2D eigenvalue weighted by molar-refractivity contribution is 8.21. The van der Waals surface area contributed by atoms with Crippen molar-refractivity contribution in [3.05, 3.63) is 0 Å². The molecule has 0 amide bonds. The first kappa shape index (κ1) is 14.2. The maximum atomic E-state index is 5.38. The van der Waals surface area contributed by atoms with Crippen LogP contribution in [0.15, 0.2) is 0 Å². The van der Waals surface area contributed by atoms with E-state index in [0.29, 0.717) is 4.32 Å². The van der Waals surface area contributed by atoms with Gasteiger partial charge in [0.25, 0.3) is 0 Å². The first-order chi connectivity index (χ1) is 7.79. The van der Waals surface area contributed by atoms with Crippen molar-refractivity contribution in [1.29, 1.82) is 0 Å². The Balaban J connectivity index is 0.000000181. The van der Waals surface area contributed by atoms with Crippen molar-refractivity contribution in [2.45, 2.75) is 38.5 Å². The van der Waals surface area contributed by atoms with Crippen molar-refractivity contribution < 1.29 is 0 Å². The lowest BCUT2D eigenvalue weighted by Gasteiger charge is -2.23. The average molecular weight is 261 g/mol. The minimum atomic E-state index is 0.543. The third kappa shape index (κ3) is 7.44. The van der Waals surface area contributed by atoms with E-state index < -0.39 is 0 Å². The Hall–Kier alpha value is 0.160. The van der Waals surface area contributed by atoms with E-state index in [2.05, 4.69) is 9.62 Å². The van der Waals surface area contributed by atoms with Crippen LogP contribution in [0.3, 0.4) is 0 Å². The molecule has 94 valence electrons. The first-order valence-corrected chi connectivity index (χ1v) is 7.40. The van der Waals surface area contributed by atoms with Crippen LogP contribution < -0.4 is 11.1 Å². The van der Waals surface area contributed by atoms with E-state index in [0.717, 1.165) is 13.1 Å². The zero-order valence-corrected chi connectivity index (χ0v) is 11.5. The summed E-state index contributed by atoms with van der Waals surface area (Å²) in [7, 11) is 0. The number of nitrogens with zero attached hydrogens (tertiary/aromatic N) is 1. The molecule has 2 aliphatic heterocycles. The van der Waals surface area contributed by atoms with Crippen molar-refractivity contribution >= 4 is 28.5 Å². The van der Waals surface area contributed by atoms with Crippen LogP contribution in [0.5, 0.6) is 0 Å². The summed E-state index contributed by atoms with van der Waals surface area (Å²) in [5, 5.41) is 3.28. The quantitative estimate of drug-likeness (QED) is 0.559. The minimum absolute atomic E-state index is 0.543. The first-order valence-electron chi connectivity index (χ1n) is 6.22. The van der Waals surface area contributed by atoms with Gasteiger partial charge in [-0.1, -0.05) is 25.1 Å². The van der Waals surface area contributed by atoms with Gasteiger partial charge < -0.3 is 11.1 Å². The topological polar surface area (TPSA) is 41.3 Å². The molecule has 0 spiro atoms. The second-order valence-electron chi connectivity index (χ2n) is 4.21. The maximum absolute atomic E-state index is 5.38. The van der Waals surface area contributed by atoms with Crippen LogP contribution in [0.1, 0.15) is 38.5 Å². The molecule has 0 aliphatic carbocycles. The molecular weight excluding hydrogens is 238 g/mol. The third-order valence-electron chi connectivity index (χ3n) is 2.74. The molecule has 16 heavy (non-hydrogen) atoms. The number of nitrogens with one attached hydrogen (secondary N) is 1. The molecule has 2 aliphatic rings. The molecule has 0 aromatic rings. The number of piperidine rings is 2. The van der Waals surface area contributed by atoms with Crippen LogP contribution >= 0.6 is 24.2 Å². The zero-order chi connectivity index (χ0) is 11.6. The lowest BCUT2D eigenvalue weighted by Crippen LogP contribution is -2.26. The summed E-state index contributed by atoms with van der Waals surface area (Å²) in [6.45, 7) is 4.78. The van der Waals surface area contributed by atoms with Gasteiger partial charge in [0.2, 0.25) is 0 Å². The van der Waals surface area contributed by atoms with Gasteiger partial charge in [0.1, 0.15) is 4.32 Å². The van der Waals surface area contributed by atoms with Gasteiger partial charge in [-0.2, -0.15) is 0 Å². The summed E-state index contributed by atoms with van der Waals surface area (Å²) in [6, 6.07) is 0. The van der Waals surface area contributed by atoms with E-state index in [1.807, 2.05) is 0 Å². The van der Waals surface area contributed by atoms with E-state index in [4.69, 9.17) is 18.0 Å². The van der Waals surface area contributed by atoms with Crippen molar-refractivity contribution in [2.24, 2.45) is 5.73 Å². The number of rotatable bonds is 1. The van der Waals surface area contributed by atoms with Gasteiger partial charge in [-0.15, -0.1) is 0 Å². The average Bonchev–Trinajstić information content (AvgIpc) is 2.32. The van der Waals surface area contributed by atoms with Gasteiger partial charge in [0.05, 0.1) is 0 Å². The zero-order valence-electron chi connectivity index (χ0n) is 9.91. The monoisotopic (exact) mass is 261 g/mol. The van der Waals surface area contributed by atoms with E-state index in [1.165, 1.54) is 63.6 Å². The second kappa shape index (κ2) is 9.22. The van der Waals surface area contributed by atoms with Crippen molar-refractivity contribution in [2.75, 3.05) is 26.2 Å². The van der Waals surface area contributed by atoms with Crippen LogP contribution in [0.4, 0.5) is 0 Å². The van der Waals surface area contributed by atoms with Crippen LogP contribution in [-0.4, -0.2) is 34.8 Å². The Labute approximate surface area is 109 Å². The normalized spacial score (nSPS) is 22.0. The predicted octanol–water partition coefficient (Wildman–Crippen LogP) is 2.12. The van der Waals surface area contributed by atoms with E-state index in [9.17, 15) is 0 Å². The van der Waals surface area contributed by atoms with Gasteiger partial charge >= 0.3 is 0 Å².